The van der Waals surface area contributed by atoms with Crippen molar-refractivity contribution < 1.29 is 9.47 Å². The standard InChI is InChI=1S/C17H28O2Si2.CH4/c1-21(15-9-3-2-4-10-15)17(12-6-8-14-19-17)16(20)11-5-7-13-18-16;/h2-4,9-10,21H,5-8,11-14H2,1,20H3;1H4. The summed E-state index contributed by atoms with van der Waals surface area (Å²) < 4.78 is 13.0. The average Bonchev–Trinajstić information content (AvgIpc) is 2.56. The molecule has 0 aliphatic carbocycles. The Hall–Kier alpha value is -0.426. The molecule has 2 nitrogen and oxygen atoms in total. The first kappa shape index (κ1) is 17.9. The highest BCUT2D eigenvalue weighted by molar-refractivity contribution is 6.75. The molecule has 0 aromatic heterocycles. The third-order valence-electron chi connectivity index (χ3n) is 5.67. The Labute approximate surface area is 140 Å². The zero-order valence-electron chi connectivity index (χ0n) is 13.4. The maximum absolute atomic E-state index is 6.60. The second kappa shape index (κ2) is 7.43. The first-order valence-electron chi connectivity index (χ1n) is 8.51. The summed E-state index contributed by atoms with van der Waals surface area (Å²) in [5.41, 5.74) is 0. The van der Waals surface area contributed by atoms with Crippen LogP contribution in [0.4, 0.5) is 0 Å². The van der Waals surface area contributed by atoms with Crippen molar-refractivity contribution in [3.05, 3.63) is 30.3 Å². The van der Waals surface area contributed by atoms with E-state index in [4.69, 9.17) is 9.47 Å². The molecule has 0 bridgehead atoms. The van der Waals surface area contributed by atoms with Gasteiger partial charge in [0.05, 0.1) is 10.4 Å². The minimum Gasteiger partial charge on any atom is -0.377 e. The predicted octanol–water partition coefficient (Wildman–Crippen LogP) is 2.13. The summed E-state index contributed by atoms with van der Waals surface area (Å²) >= 11 is 0. The third-order valence-corrected chi connectivity index (χ3v) is 11.7. The Morgan fingerprint density at radius 1 is 0.955 bits per heavy atom. The van der Waals surface area contributed by atoms with E-state index in [9.17, 15) is 0 Å². The Morgan fingerprint density at radius 2 is 1.59 bits per heavy atom. The van der Waals surface area contributed by atoms with Gasteiger partial charge >= 0.3 is 0 Å². The van der Waals surface area contributed by atoms with Crippen molar-refractivity contribution in [1.29, 1.82) is 0 Å². The number of hydrogen-bond acceptors (Lipinski definition) is 2. The molecule has 3 unspecified atom stereocenters. The fourth-order valence-electron chi connectivity index (χ4n) is 4.31. The molecule has 2 heterocycles. The highest BCUT2D eigenvalue weighted by atomic mass is 28.3. The summed E-state index contributed by atoms with van der Waals surface area (Å²) in [6, 6.07) is 11.1. The Balaban J connectivity index is 0.00000176. The van der Waals surface area contributed by atoms with Gasteiger partial charge in [0.15, 0.2) is 0 Å². The maximum atomic E-state index is 6.60. The lowest BCUT2D eigenvalue weighted by Crippen LogP contribution is -2.70. The summed E-state index contributed by atoms with van der Waals surface area (Å²) in [6.45, 7) is 4.35. The molecule has 4 heteroatoms. The van der Waals surface area contributed by atoms with Crippen LogP contribution in [-0.4, -0.2) is 42.7 Å². The first-order valence-corrected chi connectivity index (χ1v) is 11.8. The third kappa shape index (κ3) is 3.11. The summed E-state index contributed by atoms with van der Waals surface area (Å²) in [6.07, 6.45) is 7.47. The summed E-state index contributed by atoms with van der Waals surface area (Å²) in [7, 11) is -0.149. The smallest absolute Gasteiger partial charge is 0.108 e. The van der Waals surface area contributed by atoms with Gasteiger partial charge in [0.25, 0.3) is 0 Å². The second-order valence-electron chi connectivity index (χ2n) is 6.86. The molecule has 0 amide bonds. The van der Waals surface area contributed by atoms with Gasteiger partial charge in [0.2, 0.25) is 0 Å². The van der Waals surface area contributed by atoms with Gasteiger partial charge in [0.1, 0.15) is 8.80 Å². The SMILES string of the molecule is C.C[SiH](c1ccccc1)C1(C2([SiH3])CCCCO2)CCCCO1. The predicted molar refractivity (Wildman–Crippen MR) is 101 cm³/mol. The van der Waals surface area contributed by atoms with Crippen LogP contribution in [0.25, 0.3) is 0 Å². The molecule has 0 N–H and O–H groups in total. The Kier molecular flexibility index (Phi) is 6.05. The monoisotopic (exact) mass is 336 g/mol. The topological polar surface area (TPSA) is 18.5 Å². The molecule has 2 aliphatic heterocycles. The largest absolute Gasteiger partial charge is 0.377 e. The highest BCUT2D eigenvalue weighted by Crippen LogP contribution is 2.42. The number of rotatable bonds is 3. The molecule has 22 heavy (non-hydrogen) atoms. The number of ether oxygens (including phenoxy) is 2. The molecule has 3 rings (SSSR count). The van der Waals surface area contributed by atoms with Crippen molar-refractivity contribution in [2.24, 2.45) is 0 Å². The minimum atomic E-state index is -1.23. The van der Waals surface area contributed by atoms with Crippen molar-refractivity contribution in [1.82, 2.24) is 0 Å². The van der Waals surface area contributed by atoms with Gasteiger partial charge in [-0.25, -0.2) is 0 Å². The lowest BCUT2D eigenvalue weighted by atomic mass is 9.96. The van der Waals surface area contributed by atoms with E-state index in [-0.39, 0.29) is 17.9 Å². The molecule has 0 radical (unpaired) electrons. The van der Waals surface area contributed by atoms with Crippen LogP contribution in [0.5, 0.6) is 0 Å². The van der Waals surface area contributed by atoms with E-state index in [1.807, 2.05) is 0 Å². The number of hydrogen-bond donors (Lipinski definition) is 0. The molecule has 2 aliphatic rings. The van der Waals surface area contributed by atoms with Crippen molar-refractivity contribution in [2.75, 3.05) is 13.2 Å². The van der Waals surface area contributed by atoms with Crippen LogP contribution in [-0.2, 0) is 9.47 Å². The van der Waals surface area contributed by atoms with Gasteiger partial charge in [-0.05, 0) is 38.5 Å². The van der Waals surface area contributed by atoms with Gasteiger partial charge in [-0.2, -0.15) is 0 Å². The molecule has 1 aromatic carbocycles. The summed E-state index contributed by atoms with van der Waals surface area (Å²) in [5, 5.41) is 1.61. The van der Waals surface area contributed by atoms with E-state index >= 15 is 0 Å². The summed E-state index contributed by atoms with van der Waals surface area (Å²) in [4.78, 5) is 0. The minimum absolute atomic E-state index is 0. The maximum Gasteiger partial charge on any atom is 0.108 e. The molecule has 2 saturated heterocycles. The van der Waals surface area contributed by atoms with Crippen LogP contribution in [0.3, 0.4) is 0 Å². The van der Waals surface area contributed by atoms with E-state index in [0.29, 0.717) is 0 Å². The van der Waals surface area contributed by atoms with Crippen molar-refractivity contribution >= 4 is 24.2 Å². The van der Waals surface area contributed by atoms with E-state index in [1.54, 1.807) is 0 Å². The van der Waals surface area contributed by atoms with Crippen LogP contribution in [0.15, 0.2) is 30.3 Å². The fraction of sp³-hybridized carbons (Fsp3) is 0.667. The Bertz CT molecular complexity index is 451. The number of benzene rings is 1. The molecule has 3 atom stereocenters. The van der Waals surface area contributed by atoms with E-state index < -0.39 is 8.80 Å². The van der Waals surface area contributed by atoms with E-state index in [0.717, 1.165) is 23.5 Å². The van der Waals surface area contributed by atoms with Crippen molar-refractivity contribution in [3.8, 4) is 0 Å². The zero-order chi connectivity index (χ0) is 14.8. The van der Waals surface area contributed by atoms with Crippen LogP contribution < -0.4 is 5.19 Å². The Morgan fingerprint density at radius 3 is 2.14 bits per heavy atom. The van der Waals surface area contributed by atoms with Crippen LogP contribution in [0.2, 0.25) is 6.55 Å². The van der Waals surface area contributed by atoms with E-state index in [1.165, 1.54) is 43.7 Å². The molecule has 1 aromatic rings. The molecule has 0 saturated carbocycles. The quantitative estimate of drug-likeness (QED) is 0.787. The van der Waals surface area contributed by atoms with Crippen LogP contribution in [0, 0.1) is 0 Å². The van der Waals surface area contributed by atoms with Crippen LogP contribution in [0.1, 0.15) is 46.0 Å². The first-order chi connectivity index (χ1) is 10.2. The summed E-state index contributed by atoms with van der Waals surface area (Å²) in [5.74, 6) is 0. The van der Waals surface area contributed by atoms with Gasteiger partial charge in [-0.15, -0.1) is 0 Å². The normalized spacial score (nSPS) is 33.9. The van der Waals surface area contributed by atoms with Gasteiger partial charge in [-0.1, -0.05) is 49.5 Å². The van der Waals surface area contributed by atoms with Gasteiger partial charge < -0.3 is 9.47 Å². The van der Waals surface area contributed by atoms with Gasteiger partial charge in [-0.3, -0.25) is 0 Å². The van der Waals surface area contributed by atoms with Crippen molar-refractivity contribution in [2.45, 2.75) is 62.9 Å². The lowest BCUT2D eigenvalue weighted by Gasteiger charge is -2.54. The molecule has 2 fully saturated rings. The molecule has 0 spiro atoms. The fourth-order valence-corrected chi connectivity index (χ4v) is 10.0. The van der Waals surface area contributed by atoms with Crippen LogP contribution >= 0.6 is 0 Å². The molecular weight excluding hydrogens is 304 g/mol. The van der Waals surface area contributed by atoms with E-state index in [2.05, 4.69) is 36.9 Å². The lowest BCUT2D eigenvalue weighted by molar-refractivity contribution is -0.160. The van der Waals surface area contributed by atoms with Gasteiger partial charge in [0, 0.05) is 23.5 Å². The molecule has 124 valence electrons. The second-order valence-corrected chi connectivity index (χ2v) is 11.5. The zero-order valence-corrected chi connectivity index (χ0v) is 16.6. The highest BCUT2D eigenvalue weighted by Gasteiger charge is 2.55. The average molecular weight is 337 g/mol. The van der Waals surface area contributed by atoms with Crippen molar-refractivity contribution in [3.63, 3.8) is 0 Å². The molecular formula is C18H32O2Si2.